The zero-order chi connectivity index (χ0) is 13.7. The average molecular weight is 315 g/mol. The summed E-state index contributed by atoms with van der Waals surface area (Å²) in [7, 11) is 0. The first-order chi connectivity index (χ1) is 9.31. The Balaban J connectivity index is 0.000000637. The van der Waals surface area contributed by atoms with E-state index in [0.29, 0.717) is 0 Å². The molecule has 2 aromatic rings. The second-order valence-corrected chi connectivity index (χ2v) is 5.40. The van der Waals surface area contributed by atoms with Gasteiger partial charge in [-0.2, -0.15) is 0 Å². The van der Waals surface area contributed by atoms with Crippen LogP contribution in [-0.4, -0.2) is 0 Å². The van der Waals surface area contributed by atoms with Crippen molar-refractivity contribution in [3.8, 4) is 0 Å². The molecule has 3 rings (SSSR count). The highest BCUT2D eigenvalue weighted by Gasteiger charge is 2.12. The van der Waals surface area contributed by atoms with Crippen molar-refractivity contribution in [3.63, 3.8) is 0 Å². The summed E-state index contributed by atoms with van der Waals surface area (Å²) in [6.07, 6.45) is 4.48. The van der Waals surface area contributed by atoms with E-state index in [1.807, 2.05) is 13.8 Å². The molecule has 0 aliphatic heterocycles. The minimum absolute atomic E-state index is 1.06. The quantitative estimate of drug-likeness (QED) is 0.671. The second kappa shape index (κ2) is 6.72. The highest BCUT2D eigenvalue weighted by atomic mass is 79.9. The van der Waals surface area contributed by atoms with Crippen molar-refractivity contribution in [1.29, 1.82) is 0 Å². The maximum absolute atomic E-state index is 3.53. The molecule has 0 nitrogen and oxygen atoms in total. The molecule has 0 amide bonds. The lowest BCUT2D eigenvalue weighted by molar-refractivity contribution is 1.07. The van der Waals surface area contributed by atoms with Crippen LogP contribution in [0.5, 0.6) is 0 Å². The van der Waals surface area contributed by atoms with Gasteiger partial charge in [-0.25, -0.2) is 0 Å². The van der Waals surface area contributed by atoms with Gasteiger partial charge in [0.15, 0.2) is 0 Å². The molecule has 1 aliphatic rings. The molecule has 19 heavy (non-hydrogen) atoms. The molecular weight excluding hydrogens is 296 g/mol. The molecule has 1 aliphatic carbocycles. The second-order valence-electron chi connectivity index (χ2n) is 4.48. The van der Waals surface area contributed by atoms with Gasteiger partial charge >= 0.3 is 0 Å². The summed E-state index contributed by atoms with van der Waals surface area (Å²) in [6.45, 7) is 4.00. The van der Waals surface area contributed by atoms with Crippen LogP contribution >= 0.6 is 15.9 Å². The first-order valence-corrected chi connectivity index (χ1v) is 7.62. The largest absolute Gasteiger partial charge is 0.0683 e. The van der Waals surface area contributed by atoms with Crippen LogP contribution in [0.3, 0.4) is 0 Å². The summed E-state index contributed by atoms with van der Waals surface area (Å²) in [6, 6.07) is 17.2. The fourth-order valence-electron chi connectivity index (χ4n) is 2.36. The van der Waals surface area contributed by atoms with Crippen LogP contribution in [0.15, 0.2) is 58.6 Å². The Morgan fingerprint density at radius 1 is 1.00 bits per heavy atom. The first-order valence-electron chi connectivity index (χ1n) is 6.83. The van der Waals surface area contributed by atoms with Gasteiger partial charge in [0.05, 0.1) is 0 Å². The van der Waals surface area contributed by atoms with Gasteiger partial charge in [0, 0.05) is 4.47 Å². The highest BCUT2D eigenvalue weighted by Crippen LogP contribution is 2.29. The Bertz CT molecular complexity index is 567. The number of hydrogen-bond acceptors (Lipinski definition) is 0. The van der Waals surface area contributed by atoms with E-state index in [-0.39, 0.29) is 0 Å². The average Bonchev–Trinajstić information content (AvgIpc) is 2.83. The van der Waals surface area contributed by atoms with Gasteiger partial charge in [0.2, 0.25) is 0 Å². The minimum Gasteiger partial charge on any atom is -0.0683 e. The van der Waals surface area contributed by atoms with Crippen molar-refractivity contribution < 1.29 is 0 Å². The van der Waals surface area contributed by atoms with Gasteiger partial charge in [-0.05, 0) is 41.7 Å². The van der Waals surface area contributed by atoms with Crippen LogP contribution in [0.2, 0.25) is 0 Å². The standard InChI is InChI=1S/C16H13Br.C2H6/c17-16-7-6-14-9-13(10-15(14)11-16)8-12-4-2-1-3-5-12;1-2/h1-7,9,11H,8,10H2;1-2H3. The molecule has 0 saturated carbocycles. The normalized spacial score (nSPS) is 12.3. The van der Waals surface area contributed by atoms with E-state index in [1.165, 1.54) is 26.7 Å². The third-order valence-corrected chi connectivity index (χ3v) is 3.65. The van der Waals surface area contributed by atoms with Crippen LogP contribution in [0.1, 0.15) is 30.5 Å². The van der Waals surface area contributed by atoms with Gasteiger partial charge < -0.3 is 0 Å². The van der Waals surface area contributed by atoms with Crippen LogP contribution < -0.4 is 0 Å². The molecule has 0 atom stereocenters. The van der Waals surface area contributed by atoms with Gasteiger partial charge in [-0.15, -0.1) is 0 Å². The molecule has 0 unspecified atom stereocenters. The molecule has 2 aromatic carbocycles. The van der Waals surface area contributed by atoms with Gasteiger partial charge in [-0.3, -0.25) is 0 Å². The highest BCUT2D eigenvalue weighted by molar-refractivity contribution is 9.10. The fraction of sp³-hybridized carbons (Fsp3) is 0.222. The summed E-state index contributed by atoms with van der Waals surface area (Å²) < 4.78 is 1.17. The van der Waals surface area contributed by atoms with Crippen LogP contribution in [0, 0.1) is 0 Å². The van der Waals surface area contributed by atoms with Gasteiger partial charge in [-0.1, -0.05) is 77.8 Å². The van der Waals surface area contributed by atoms with Crippen LogP contribution in [0.4, 0.5) is 0 Å². The van der Waals surface area contributed by atoms with E-state index in [9.17, 15) is 0 Å². The summed E-state index contributed by atoms with van der Waals surface area (Å²) >= 11 is 3.53. The summed E-state index contributed by atoms with van der Waals surface area (Å²) in [5, 5.41) is 0. The fourth-order valence-corrected chi connectivity index (χ4v) is 2.76. The Hall–Kier alpha value is -1.34. The Morgan fingerprint density at radius 2 is 1.74 bits per heavy atom. The van der Waals surface area contributed by atoms with Crippen molar-refractivity contribution >= 4 is 22.0 Å². The lowest BCUT2D eigenvalue weighted by Crippen LogP contribution is -1.90. The van der Waals surface area contributed by atoms with E-state index < -0.39 is 0 Å². The van der Waals surface area contributed by atoms with E-state index in [0.717, 1.165) is 12.8 Å². The summed E-state index contributed by atoms with van der Waals surface area (Å²) in [5.41, 5.74) is 5.71. The third-order valence-electron chi connectivity index (χ3n) is 3.16. The Morgan fingerprint density at radius 3 is 2.47 bits per heavy atom. The van der Waals surface area contributed by atoms with Crippen molar-refractivity contribution in [2.75, 3.05) is 0 Å². The molecule has 1 heteroatoms. The summed E-state index contributed by atoms with van der Waals surface area (Å²) in [4.78, 5) is 0. The molecule has 0 heterocycles. The van der Waals surface area contributed by atoms with Crippen molar-refractivity contribution in [3.05, 3.63) is 75.3 Å². The van der Waals surface area contributed by atoms with Crippen LogP contribution in [-0.2, 0) is 12.8 Å². The predicted octanol–water partition coefficient (Wildman–Crippen LogP) is 5.66. The zero-order valence-electron chi connectivity index (χ0n) is 11.5. The maximum Gasteiger partial charge on any atom is 0.0178 e. The Labute approximate surface area is 124 Å². The molecule has 0 N–H and O–H groups in total. The van der Waals surface area contributed by atoms with Crippen molar-refractivity contribution in [2.45, 2.75) is 26.7 Å². The first kappa shape index (κ1) is 14.1. The Kier molecular flexibility index (Phi) is 4.98. The molecule has 0 radical (unpaired) electrons. The van der Waals surface area contributed by atoms with E-state index in [2.05, 4.69) is 70.5 Å². The molecule has 0 aromatic heterocycles. The molecule has 0 fully saturated rings. The smallest absolute Gasteiger partial charge is 0.0178 e. The zero-order valence-corrected chi connectivity index (χ0v) is 13.1. The number of hydrogen-bond donors (Lipinski definition) is 0. The summed E-state index contributed by atoms with van der Waals surface area (Å²) in [5.74, 6) is 0. The lowest BCUT2D eigenvalue weighted by Gasteiger charge is -2.02. The van der Waals surface area contributed by atoms with E-state index >= 15 is 0 Å². The van der Waals surface area contributed by atoms with Crippen molar-refractivity contribution in [2.24, 2.45) is 0 Å². The predicted molar refractivity (Wildman–Crippen MR) is 87.3 cm³/mol. The lowest BCUT2D eigenvalue weighted by atomic mass is 10.0. The topological polar surface area (TPSA) is 0 Å². The number of allylic oxidation sites excluding steroid dienone is 1. The SMILES string of the molecule is Brc1ccc2c(c1)CC(Cc1ccccc1)=C2.CC. The molecule has 0 spiro atoms. The molecular formula is C18H19Br. The number of rotatable bonds is 2. The minimum atomic E-state index is 1.06. The third kappa shape index (κ3) is 3.57. The van der Waals surface area contributed by atoms with E-state index in [1.54, 1.807) is 0 Å². The van der Waals surface area contributed by atoms with Crippen molar-refractivity contribution in [1.82, 2.24) is 0 Å². The monoisotopic (exact) mass is 314 g/mol. The van der Waals surface area contributed by atoms with Crippen LogP contribution in [0.25, 0.3) is 6.08 Å². The van der Waals surface area contributed by atoms with Gasteiger partial charge in [0.1, 0.15) is 0 Å². The maximum atomic E-state index is 3.53. The number of benzene rings is 2. The van der Waals surface area contributed by atoms with E-state index in [4.69, 9.17) is 0 Å². The molecule has 98 valence electrons. The van der Waals surface area contributed by atoms with Gasteiger partial charge in [0.25, 0.3) is 0 Å². The number of fused-ring (bicyclic) bond motifs is 1. The number of halogens is 1. The molecule has 0 bridgehead atoms. The molecule has 0 saturated heterocycles.